The number of aryl methyl sites for hydroxylation is 2. The molecule has 2 aromatic rings. The molecule has 0 saturated heterocycles. The van der Waals surface area contributed by atoms with Gasteiger partial charge < -0.3 is 10.6 Å². The molecule has 1 aliphatic rings. The molecular formula is C17H19BrN2. The first-order valence-corrected chi connectivity index (χ1v) is 7.88. The topological polar surface area (TPSA) is 24.1 Å². The van der Waals surface area contributed by atoms with Crippen molar-refractivity contribution in [2.75, 3.05) is 17.2 Å². The third kappa shape index (κ3) is 2.83. The first kappa shape index (κ1) is 13.5. The second-order valence-electron chi connectivity index (χ2n) is 5.32. The third-order valence-electron chi connectivity index (χ3n) is 3.76. The Morgan fingerprint density at radius 3 is 3.00 bits per heavy atom. The number of hydrogen-bond donors (Lipinski definition) is 2. The number of rotatable bonds is 3. The number of fused-ring (bicyclic) bond motifs is 1. The van der Waals surface area contributed by atoms with E-state index in [-0.39, 0.29) is 0 Å². The summed E-state index contributed by atoms with van der Waals surface area (Å²) in [5.41, 5.74) is 6.52. The average Bonchev–Trinajstić information content (AvgIpc) is 2.46. The molecule has 20 heavy (non-hydrogen) atoms. The maximum Gasteiger partial charge on any atom is 0.0487 e. The van der Waals surface area contributed by atoms with Gasteiger partial charge in [0, 0.05) is 28.9 Å². The molecule has 2 nitrogen and oxygen atoms in total. The maximum absolute atomic E-state index is 3.62. The molecule has 0 spiro atoms. The van der Waals surface area contributed by atoms with Crippen LogP contribution in [0.4, 0.5) is 11.4 Å². The minimum absolute atomic E-state index is 0.845. The lowest BCUT2D eigenvalue weighted by atomic mass is 9.99. The van der Waals surface area contributed by atoms with Gasteiger partial charge in [0.1, 0.15) is 0 Å². The zero-order valence-corrected chi connectivity index (χ0v) is 13.3. The summed E-state index contributed by atoms with van der Waals surface area (Å²) in [5.74, 6) is 0. The fourth-order valence-electron chi connectivity index (χ4n) is 2.68. The summed E-state index contributed by atoms with van der Waals surface area (Å²) in [5, 5.41) is 7.06. The summed E-state index contributed by atoms with van der Waals surface area (Å²) < 4.78 is 1.12. The number of benzene rings is 2. The number of anilines is 2. The van der Waals surface area contributed by atoms with Crippen LogP contribution in [0.2, 0.25) is 0 Å². The minimum Gasteiger partial charge on any atom is -0.385 e. The van der Waals surface area contributed by atoms with Gasteiger partial charge in [-0.25, -0.2) is 0 Å². The van der Waals surface area contributed by atoms with Crippen LogP contribution < -0.4 is 10.6 Å². The zero-order valence-electron chi connectivity index (χ0n) is 11.7. The summed E-state index contributed by atoms with van der Waals surface area (Å²) in [7, 11) is 0. The van der Waals surface area contributed by atoms with Crippen molar-refractivity contribution < 1.29 is 0 Å². The molecule has 3 heteroatoms. The van der Waals surface area contributed by atoms with Gasteiger partial charge in [0.2, 0.25) is 0 Å². The van der Waals surface area contributed by atoms with E-state index >= 15 is 0 Å². The highest BCUT2D eigenvalue weighted by molar-refractivity contribution is 9.10. The van der Waals surface area contributed by atoms with Gasteiger partial charge in [-0.3, -0.25) is 0 Å². The van der Waals surface area contributed by atoms with E-state index in [1.165, 1.54) is 35.2 Å². The van der Waals surface area contributed by atoms with Crippen LogP contribution >= 0.6 is 15.9 Å². The molecule has 0 bridgehead atoms. The van der Waals surface area contributed by atoms with Crippen LogP contribution in [0.3, 0.4) is 0 Å². The van der Waals surface area contributed by atoms with Crippen molar-refractivity contribution in [1.29, 1.82) is 0 Å². The number of para-hydroxylation sites is 1. The Morgan fingerprint density at radius 1 is 1.25 bits per heavy atom. The van der Waals surface area contributed by atoms with Gasteiger partial charge in [0.15, 0.2) is 0 Å². The molecular weight excluding hydrogens is 312 g/mol. The molecule has 0 atom stereocenters. The monoisotopic (exact) mass is 330 g/mol. The Balaban J connectivity index is 1.78. The Hall–Kier alpha value is -1.48. The number of halogens is 1. The largest absolute Gasteiger partial charge is 0.385 e. The summed E-state index contributed by atoms with van der Waals surface area (Å²) in [6.45, 7) is 4.03. The van der Waals surface area contributed by atoms with Crippen molar-refractivity contribution in [2.24, 2.45) is 0 Å². The van der Waals surface area contributed by atoms with Crippen LogP contribution in [0.1, 0.15) is 23.1 Å². The van der Waals surface area contributed by atoms with Crippen LogP contribution in [-0.4, -0.2) is 6.54 Å². The highest BCUT2D eigenvalue weighted by Gasteiger charge is 2.12. The van der Waals surface area contributed by atoms with Gasteiger partial charge in [-0.1, -0.05) is 24.3 Å². The zero-order chi connectivity index (χ0) is 13.9. The summed E-state index contributed by atoms with van der Waals surface area (Å²) in [4.78, 5) is 0. The third-order valence-corrected chi connectivity index (χ3v) is 4.41. The van der Waals surface area contributed by atoms with Crippen LogP contribution in [0.15, 0.2) is 40.9 Å². The van der Waals surface area contributed by atoms with E-state index in [1.807, 2.05) is 0 Å². The Labute approximate surface area is 128 Å². The van der Waals surface area contributed by atoms with Gasteiger partial charge in [-0.05, 0) is 64.5 Å². The lowest BCUT2D eigenvalue weighted by molar-refractivity contribution is 0.825. The molecule has 0 saturated carbocycles. The highest BCUT2D eigenvalue weighted by atomic mass is 79.9. The quantitative estimate of drug-likeness (QED) is 0.850. The van der Waals surface area contributed by atoms with E-state index < -0.39 is 0 Å². The molecule has 1 heterocycles. The average molecular weight is 331 g/mol. The molecule has 0 unspecified atom stereocenters. The van der Waals surface area contributed by atoms with Crippen LogP contribution in [0, 0.1) is 6.92 Å². The van der Waals surface area contributed by atoms with Gasteiger partial charge in [0.25, 0.3) is 0 Å². The summed E-state index contributed by atoms with van der Waals surface area (Å²) in [6, 6.07) is 13.0. The minimum atomic E-state index is 0.845. The molecule has 2 N–H and O–H groups in total. The molecule has 0 aliphatic carbocycles. The molecule has 0 fully saturated rings. The predicted octanol–water partition coefficient (Wildman–Crippen LogP) is 4.73. The maximum atomic E-state index is 3.62. The fourth-order valence-corrected chi connectivity index (χ4v) is 3.32. The van der Waals surface area contributed by atoms with Gasteiger partial charge in [0.05, 0.1) is 0 Å². The lowest BCUT2D eigenvalue weighted by Crippen LogP contribution is -2.15. The fraction of sp³-hybridized carbons (Fsp3) is 0.294. The second kappa shape index (κ2) is 5.88. The van der Waals surface area contributed by atoms with E-state index in [1.54, 1.807) is 0 Å². The van der Waals surface area contributed by atoms with Crippen LogP contribution in [0.5, 0.6) is 0 Å². The molecule has 0 aromatic heterocycles. The first-order chi connectivity index (χ1) is 9.74. The van der Waals surface area contributed by atoms with E-state index in [0.717, 1.165) is 23.2 Å². The molecule has 1 aliphatic heterocycles. The summed E-state index contributed by atoms with van der Waals surface area (Å²) in [6.07, 6.45) is 2.41. The standard InChI is InChI=1S/C17H19BrN2/c1-12-7-8-16(15(18)10-12)20-11-14-5-2-4-13-6-3-9-19-17(13)14/h2,4-5,7-8,10,19-20H,3,6,9,11H2,1H3. The molecule has 104 valence electrons. The normalized spacial score (nSPS) is 13.5. The van der Waals surface area contributed by atoms with Crippen LogP contribution in [0.25, 0.3) is 0 Å². The number of nitrogens with one attached hydrogen (secondary N) is 2. The van der Waals surface area contributed by atoms with Crippen molar-refractivity contribution in [2.45, 2.75) is 26.3 Å². The van der Waals surface area contributed by atoms with Gasteiger partial charge in [-0.15, -0.1) is 0 Å². The highest BCUT2D eigenvalue weighted by Crippen LogP contribution is 2.28. The van der Waals surface area contributed by atoms with Gasteiger partial charge >= 0.3 is 0 Å². The lowest BCUT2D eigenvalue weighted by Gasteiger charge is -2.21. The van der Waals surface area contributed by atoms with Crippen molar-refractivity contribution in [3.8, 4) is 0 Å². The van der Waals surface area contributed by atoms with E-state index in [0.29, 0.717) is 0 Å². The SMILES string of the molecule is Cc1ccc(NCc2cccc3c2NCCC3)c(Br)c1. The second-order valence-corrected chi connectivity index (χ2v) is 6.17. The summed E-state index contributed by atoms with van der Waals surface area (Å²) >= 11 is 3.62. The Kier molecular flexibility index (Phi) is 3.97. The smallest absolute Gasteiger partial charge is 0.0487 e. The molecule has 0 amide bonds. The van der Waals surface area contributed by atoms with E-state index in [4.69, 9.17) is 0 Å². The van der Waals surface area contributed by atoms with Crippen molar-refractivity contribution in [3.63, 3.8) is 0 Å². The Morgan fingerprint density at radius 2 is 2.15 bits per heavy atom. The first-order valence-electron chi connectivity index (χ1n) is 7.09. The molecule has 3 rings (SSSR count). The molecule has 2 aromatic carbocycles. The molecule has 0 radical (unpaired) electrons. The van der Waals surface area contributed by atoms with E-state index in [2.05, 4.69) is 69.9 Å². The van der Waals surface area contributed by atoms with Crippen LogP contribution in [-0.2, 0) is 13.0 Å². The van der Waals surface area contributed by atoms with Crippen molar-refractivity contribution in [1.82, 2.24) is 0 Å². The Bertz CT molecular complexity index is 622. The van der Waals surface area contributed by atoms with Gasteiger partial charge in [-0.2, -0.15) is 0 Å². The van der Waals surface area contributed by atoms with Crippen molar-refractivity contribution in [3.05, 3.63) is 57.6 Å². The van der Waals surface area contributed by atoms with Crippen molar-refractivity contribution >= 4 is 27.3 Å². The number of hydrogen-bond acceptors (Lipinski definition) is 2. The predicted molar refractivity (Wildman–Crippen MR) is 89.5 cm³/mol. The van der Waals surface area contributed by atoms with E-state index in [9.17, 15) is 0 Å².